The average Bonchev–Trinajstić information content (AvgIpc) is 2.33. The van der Waals surface area contributed by atoms with Crippen molar-refractivity contribution in [2.24, 2.45) is 0 Å². The summed E-state index contributed by atoms with van der Waals surface area (Å²) in [6, 6.07) is 2.04. The first-order valence-electron chi connectivity index (χ1n) is 4.53. The van der Waals surface area contributed by atoms with Crippen LogP contribution in [0.25, 0.3) is 0 Å². The zero-order chi connectivity index (χ0) is 10.1. The zero-order valence-corrected chi connectivity index (χ0v) is 8.91. The fourth-order valence-corrected chi connectivity index (χ4v) is 1.06. The van der Waals surface area contributed by atoms with Crippen molar-refractivity contribution in [2.45, 2.75) is 32.9 Å². The Balaban J connectivity index is 2.60. The van der Waals surface area contributed by atoms with Crippen molar-refractivity contribution >= 4 is 0 Å². The molecule has 0 aromatic carbocycles. The molecule has 1 rings (SSSR count). The standard InChI is InChI=1S/C10H19N3/c1-10(2,3)12(4)7-9-5-6-13(11)8-9/h5-6,8H,7,11H2,1-4H3. The summed E-state index contributed by atoms with van der Waals surface area (Å²) >= 11 is 0. The molecule has 0 amide bonds. The monoisotopic (exact) mass is 181 g/mol. The van der Waals surface area contributed by atoms with Crippen molar-refractivity contribution in [1.82, 2.24) is 9.58 Å². The van der Waals surface area contributed by atoms with E-state index in [-0.39, 0.29) is 5.54 Å². The van der Waals surface area contributed by atoms with Gasteiger partial charge in [0.2, 0.25) is 0 Å². The van der Waals surface area contributed by atoms with Crippen LogP contribution in [0.5, 0.6) is 0 Å². The fourth-order valence-electron chi connectivity index (χ4n) is 1.06. The van der Waals surface area contributed by atoms with Gasteiger partial charge in [0.05, 0.1) is 0 Å². The molecule has 0 radical (unpaired) electrons. The first kappa shape index (κ1) is 10.1. The van der Waals surface area contributed by atoms with Gasteiger partial charge < -0.3 is 5.84 Å². The summed E-state index contributed by atoms with van der Waals surface area (Å²) in [5, 5.41) is 0. The fraction of sp³-hybridized carbons (Fsp3) is 0.600. The molecule has 3 heteroatoms. The molecule has 0 saturated heterocycles. The van der Waals surface area contributed by atoms with Crippen LogP contribution in [-0.2, 0) is 6.54 Å². The van der Waals surface area contributed by atoms with Gasteiger partial charge in [0.15, 0.2) is 0 Å². The molecule has 0 fully saturated rings. The molecule has 0 spiro atoms. The van der Waals surface area contributed by atoms with Gasteiger partial charge in [-0.3, -0.25) is 9.58 Å². The Morgan fingerprint density at radius 3 is 2.46 bits per heavy atom. The number of rotatable bonds is 2. The van der Waals surface area contributed by atoms with Crippen molar-refractivity contribution in [3.05, 3.63) is 24.0 Å². The van der Waals surface area contributed by atoms with E-state index in [1.54, 1.807) is 4.68 Å². The van der Waals surface area contributed by atoms with Crippen molar-refractivity contribution in [1.29, 1.82) is 0 Å². The van der Waals surface area contributed by atoms with Crippen LogP contribution in [0.1, 0.15) is 26.3 Å². The number of hydrogen-bond donors (Lipinski definition) is 1. The molecule has 2 N–H and O–H groups in total. The summed E-state index contributed by atoms with van der Waals surface area (Å²) in [5.74, 6) is 5.56. The minimum absolute atomic E-state index is 0.205. The van der Waals surface area contributed by atoms with Crippen molar-refractivity contribution in [3.63, 3.8) is 0 Å². The van der Waals surface area contributed by atoms with Crippen molar-refractivity contribution in [2.75, 3.05) is 12.9 Å². The molecule has 13 heavy (non-hydrogen) atoms. The second kappa shape index (κ2) is 3.42. The van der Waals surface area contributed by atoms with Crippen molar-refractivity contribution < 1.29 is 0 Å². The van der Waals surface area contributed by atoms with E-state index in [2.05, 4.69) is 32.7 Å². The number of aromatic nitrogens is 1. The molecular formula is C10H19N3. The largest absolute Gasteiger partial charge is 0.340 e. The first-order chi connectivity index (χ1) is 5.89. The van der Waals surface area contributed by atoms with Gasteiger partial charge in [-0.2, -0.15) is 0 Å². The van der Waals surface area contributed by atoms with E-state index in [1.807, 2.05) is 18.5 Å². The second-order valence-electron chi connectivity index (χ2n) is 4.49. The van der Waals surface area contributed by atoms with Gasteiger partial charge in [-0.15, -0.1) is 0 Å². The molecule has 0 aliphatic heterocycles. The van der Waals surface area contributed by atoms with E-state index >= 15 is 0 Å². The maximum Gasteiger partial charge on any atom is 0.0301 e. The maximum atomic E-state index is 5.56. The van der Waals surface area contributed by atoms with Crippen molar-refractivity contribution in [3.8, 4) is 0 Å². The molecule has 1 heterocycles. The second-order valence-corrected chi connectivity index (χ2v) is 4.49. The summed E-state index contributed by atoms with van der Waals surface area (Å²) in [6.45, 7) is 7.54. The summed E-state index contributed by atoms with van der Waals surface area (Å²) in [7, 11) is 2.12. The van der Waals surface area contributed by atoms with Gasteiger partial charge in [-0.25, -0.2) is 0 Å². The van der Waals surface area contributed by atoms with Gasteiger partial charge >= 0.3 is 0 Å². The molecule has 0 aliphatic rings. The summed E-state index contributed by atoms with van der Waals surface area (Å²) in [6.07, 6.45) is 3.81. The lowest BCUT2D eigenvalue weighted by molar-refractivity contribution is 0.167. The predicted molar refractivity (Wildman–Crippen MR) is 55.8 cm³/mol. The molecule has 0 saturated carbocycles. The molecule has 1 aromatic rings. The minimum atomic E-state index is 0.205. The van der Waals surface area contributed by atoms with Crippen LogP contribution in [0.3, 0.4) is 0 Å². The molecule has 0 bridgehead atoms. The number of hydrogen-bond acceptors (Lipinski definition) is 2. The van der Waals surface area contributed by atoms with Crippen LogP contribution in [0.4, 0.5) is 0 Å². The maximum absolute atomic E-state index is 5.56. The normalized spacial score (nSPS) is 12.4. The zero-order valence-electron chi connectivity index (χ0n) is 8.91. The highest BCUT2D eigenvalue weighted by molar-refractivity contribution is 5.10. The van der Waals surface area contributed by atoms with E-state index < -0.39 is 0 Å². The van der Waals surface area contributed by atoms with Gasteiger partial charge in [0.25, 0.3) is 0 Å². The topological polar surface area (TPSA) is 34.2 Å². The van der Waals surface area contributed by atoms with Gasteiger partial charge in [0.1, 0.15) is 0 Å². The Morgan fingerprint density at radius 2 is 2.08 bits per heavy atom. The third-order valence-corrected chi connectivity index (χ3v) is 2.34. The summed E-state index contributed by atoms with van der Waals surface area (Å²) in [5.41, 5.74) is 1.45. The summed E-state index contributed by atoms with van der Waals surface area (Å²) in [4.78, 5) is 2.29. The Hall–Kier alpha value is -0.960. The highest BCUT2D eigenvalue weighted by atomic mass is 15.3. The molecule has 74 valence electrons. The van der Waals surface area contributed by atoms with Crippen LogP contribution in [0.15, 0.2) is 18.5 Å². The third kappa shape index (κ3) is 2.77. The molecule has 0 unspecified atom stereocenters. The van der Waals surface area contributed by atoms with Gasteiger partial charge in [0, 0.05) is 24.5 Å². The van der Waals surface area contributed by atoms with Gasteiger partial charge in [-0.05, 0) is 39.4 Å². The van der Waals surface area contributed by atoms with E-state index in [4.69, 9.17) is 5.84 Å². The van der Waals surface area contributed by atoms with E-state index in [9.17, 15) is 0 Å². The Kier molecular flexibility index (Phi) is 2.66. The number of nitrogens with two attached hydrogens (primary N) is 1. The SMILES string of the molecule is CN(Cc1ccn(N)c1)C(C)(C)C. The Morgan fingerprint density at radius 1 is 1.46 bits per heavy atom. The Bertz CT molecular complexity index is 270. The highest BCUT2D eigenvalue weighted by Gasteiger charge is 2.16. The summed E-state index contributed by atoms with van der Waals surface area (Å²) < 4.78 is 1.59. The molecule has 0 atom stereocenters. The molecule has 1 aromatic heterocycles. The number of nitrogen functional groups attached to an aromatic ring is 1. The minimum Gasteiger partial charge on any atom is -0.340 e. The molecule has 0 aliphatic carbocycles. The van der Waals surface area contributed by atoms with Crippen LogP contribution in [-0.4, -0.2) is 22.2 Å². The highest BCUT2D eigenvalue weighted by Crippen LogP contribution is 2.14. The first-order valence-corrected chi connectivity index (χ1v) is 4.53. The van der Waals surface area contributed by atoms with Crippen LogP contribution >= 0.6 is 0 Å². The number of nitrogens with zero attached hydrogens (tertiary/aromatic N) is 2. The van der Waals surface area contributed by atoms with Crippen LogP contribution in [0, 0.1) is 0 Å². The predicted octanol–water partition coefficient (Wildman–Crippen LogP) is 1.43. The lowest BCUT2D eigenvalue weighted by Crippen LogP contribution is -2.37. The molecular weight excluding hydrogens is 162 g/mol. The average molecular weight is 181 g/mol. The smallest absolute Gasteiger partial charge is 0.0301 e. The van der Waals surface area contributed by atoms with E-state index in [1.165, 1.54) is 5.56 Å². The van der Waals surface area contributed by atoms with Crippen LogP contribution in [0.2, 0.25) is 0 Å². The van der Waals surface area contributed by atoms with E-state index in [0.717, 1.165) is 6.54 Å². The third-order valence-electron chi connectivity index (χ3n) is 2.34. The molecule has 3 nitrogen and oxygen atoms in total. The Labute approximate surface area is 80.1 Å². The lowest BCUT2D eigenvalue weighted by Gasteiger charge is -2.31. The van der Waals surface area contributed by atoms with Gasteiger partial charge in [-0.1, -0.05) is 0 Å². The quantitative estimate of drug-likeness (QED) is 0.700. The van der Waals surface area contributed by atoms with E-state index in [0.29, 0.717) is 0 Å². The van der Waals surface area contributed by atoms with Crippen LogP contribution < -0.4 is 5.84 Å². The lowest BCUT2D eigenvalue weighted by atomic mass is 10.1.